The van der Waals surface area contributed by atoms with Gasteiger partial charge in [-0.15, -0.1) is 0 Å². The monoisotopic (exact) mass is 312 g/mol. The van der Waals surface area contributed by atoms with Crippen LogP contribution in [0.25, 0.3) is 0 Å². The van der Waals surface area contributed by atoms with Crippen LogP contribution in [-0.4, -0.2) is 13.2 Å². The largest absolute Gasteiger partial charge is 0.490 e. The Labute approximate surface area is 132 Å². The third kappa shape index (κ3) is 6.46. The molecule has 0 aliphatic carbocycles. The smallest absolute Gasteiger partial charge is 0.204 e. The topological polar surface area (TPSA) is 18.5 Å². The molecule has 0 spiro atoms. The second-order valence-corrected chi connectivity index (χ2v) is 5.65. The number of hydrogen-bond acceptors (Lipinski definition) is 2. The molecule has 0 atom stereocenters. The van der Waals surface area contributed by atoms with E-state index in [4.69, 9.17) is 9.47 Å². The van der Waals surface area contributed by atoms with Gasteiger partial charge in [-0.3, -0.25) is 0 Å². The molecular weight excluding hydrogens is 286 g/mol. The van der Waals surface area contributed by atoms with Crippen LogP contribution in [0.1, 0.15) is 46.5 Å². The van der Waals surface area contributed by atoms with Crippen molar-refractivity contribution in [2.45, 2.75) is 46.5 Å². The van der Waals surface area contributed by atoms with Crippen molar-refractivity contribution in [2.24, 2.45) is 5.92 Å². The van der Waals surface area contributed by atoms with E-state index in [1.54, 1.807) is 0 Å². The minimum absolute atomic E-state index is 0.0641. The quantitative estimate of drug-likeness (QED) is 0.418. The predicted molar refractivity (Wildman–Crippen MR) is 85.5 cm³/mol. The van der Waals surface area contributed by atoms with Gasteiger partial charge in [0.05, 0.1) is 6.61 Å². The van der Waals surface area contributed by atoms with Crippen LogP contribution in [0.5, 0.6) is 11.5 Å². The Morgan fingerprint density at radius 3 is 2.27 bits per heavy atom. The molecule has 2 nitrogen and oxygen atoms in total. The fourth-order valence-corrected chi connectivity index (χ4v) is 1.82. The van der Waals surface area contributed by atoms with Gasteiger partial charge in [-0.25, -0.2) is 0 Å². The third-order valence-corrected chi connectivity index (χ3v) is 3.18. The van der Waals surface area contributed by atoms with Crippen LogP contribution in [0.4, 0.5) is 8.78 Å². The highest BCUT2D eigenvalue weighted by molar-refractivity contribution is 5.35. The average Bonchev–Trinajstić information content (AvgIpc) is 2.49. The fraction of sp³-hybridized carbons (Fsp3) is 0.556. The molecule has 0 aliphatic rings. The third-order valence-electron chi connectivity index (χ3n) is 3.18. The maximum atomic E-state index is 13.8. The average molecular weight is 312 g/mol. The Hall–Kier alpha value is -1.58. The van der Waals surface area contributed by atoms with E-state index >= 15 is 0 Å². The zero-order valence-corrected chi connectivity index (χ0v) is 13.7. The molecular formula is C18H26F2O2. The van der Waals surface area contributed by atoms with Gasteiger partial charge in [0.25, 0.3) is 0 Å². The summed E-state index contributed by atoms with van der Waals surface area (Å²) in [6.45, 7) is 6.93. The van der Waals surface area contributed by atoms with Crippen LogP contribution >= 0.6 is 0 Å². The highest BCUT2D eigenvalue weighted by Gasteiger charge is 2.15. The first kappa shape index (κ1) is 18.5. The summed E-state index contributed by atoms with van der Waals surface area (Å²) >= 11 is 0. The van der Waals surface area contributed by atoms with E-state index < -0.39 is 11.6 Å². The predicted octanol–water partition coefficient (Wildman–Crippen LogP) is 5.51. The maximum Gasteiger partial charge on any atom is 0.204 e. The van der Waals surface area contributed by atoms with Crippen molar-refractivity contribution in [3.8, 4) is 11.5 Å². The SMILES string of the molecule is CCCCOc1ccc(OC/C=C/CCC(C)C)c(F)c1F. The van der Waals surface area contributed by atoms with Gasteiger partial charge in [-0.1, -0.05) is 39.3 Å². The molecule has 0 fully saturated rings. The molecule has 0 aromatic heterocycles. The maximum absolute atomic E-state index is 13.8. The van der Waals surface area contributed by atoms with E-state index in [-0.39, 0.29) is 18.1 Å². The molecule has 4 heteroatoms. The minimum atomic E-state index is -0.996. The van der Waals surface area contributed by atoms with Crippen LogP contribution in [0.2, 0.25) is 0 Å². The van der Waals surface area contributed by atoms with Crippen LogP contribution in [0.15, 0.2) is 24.3 Å². The summed E-state index contributed by atoms with van der Waals surface area (Å²) in [5.41, 5.74) is 0. The summed E-state index contributed by atoms with van der Waals surface area (Å²) < 4.78 is 38.1. The van der Waals surface area contributed by atoms with E-state index in [0.717, 1.165) is 25.7 Å². The Kier molecular flexibility index (Phi) is 8.56. The standard InChI is InChI=1S/C18H26F2O2/c1-4-5-12-21-15-10-11-16(18(20)17(15)19)22-13-8-6-7-9-14(2)3/h6,8,10-11,14H,4-5,7,9,12-13H2,1-3H3/b8-6+. The van der Waals surface area contributed by atoms with Gasteiger partial charge in [0.1, 0.15) is 6.61 Å². The van der Waals surface area contributed by atoms with E-state index in [1.807, 2.05) is 19.1 Å². The van der Waals surface area contributed by atoms with Crippen LogP contribution in [0, 0.1) is 17.6 Å². The molecule has 0 radical (unpaired) electrons. The number of halogens is 2. The summed E-state index contributed by atoms with van der Waals surface area (Å²) in [6, 6.07) is 2.81. The first-order valence-corrected chi connectivity index (χ1v) is 7.94. The van der Waals surface area contributed by atoms with Crippen molar-refractivity contribution in [2.75, 3.05) is 13.2 Å². The highest BCUT2D eigenvalue weighted by Crippen LogP contribution is 2.27. The molecule has 124 valence electrons. The van der Waals surface area contributed by atoms with E-state index in [9.17, 15) is 8.78 Å². The lowest BCUT2D eigenvalue weighted by Gasteiger charge is -2.10. The number of unbranched alkanes of at least 4 members (excludes halogenated alkanes) is 1. The van der Waals surface area contributed by atoms with Gasteiger partial charge in [0.15, 0.2) is 11.5 Å². The zero-order valence-electron chi connectivity index (χ0n) is 13.7. The molecule has 0 heterocycles. The lowest BCUT2D eigenvalue weighted by molar-refractivity contribution is 0.280. The molecule has 22 heavy (non-hydrogen) atoms. The van der Waals surface area contributed by atoms with Crippen molar-refractivity contribution in [1.82, 2.24) is 0 Å². The second-order valence-electron chi connectivity index (χ2n) is 5.65. The summed E-state index contributed by atoms with van der Waals surface area (Å²) in [6.07, 6.45) is 7.63. The number of rotatable bonds is 10. The Morgan fingerprint density at radius 1 is 1.05 bits per heavy atom. The molecule has 1 aromatic carbocycles. The minimum Gasteiger partial charge on any atom is -0.490 e. The molecule has 0 unspecified atom stereocenters. The summed E-state index contributed by atoms with van der Waals surface area (Å²) in [7, 11) is 0. The van der Waals surface area contributed by atoms with E-state index in [2.05, 4.69) is 13.8 Å². The van der Waals surface area contributed by atoms with Crippen molar-refractivity contribution < 1.29 is 18.3 Å². The van der Waals surface area contributed by atoms with Crippen molar-refractivity contribution in [1.29, 1.82) is 0 Å². The normalized spacial score (nSPS) is 11.4. The molecule has 0 bridgehead atoms. The Bertz CT molecular complexity index is 470. The lowest BCUT2D eigenvalue weighted by atomic mass is 10.1. The van der Waals surface area contributed by atoms with Gasteiger partial charge in [0.2, 0.25) is 11.6 Å². The molecule has 0 saturated heterocycles. The Balaban J connectivity index is 2.49. The van der Waals surface area contributed by atoms with E-state index in [0.29, 0.717) is 12.5 Å². The lowest BCUT2D eigenvalue weighted by Crippen LogP contribution is -2.03. The molecule has 0 aliphatic heterocycles. The van der Waals surface area contributed by atoms with E-state index in [1.165, 1.54) is 12.1 Å². The Morgan fingerprint density at radius 2 is 1.68 bits per heavy atom. The number of benzene rings is 1. The molecule has 0 amide bonds. The number of hydrogen-bond donors (Lipinski definition) is 0. The van der Waals surface area contributed by atoms with Gasteiger partial charge < -0.3 is 9.47 Å². The van der Waals surface area contributed by atoms with Crippen molar-refractivity contribution in [3.63, 3.8) is 0 Å². The summed E-state index contributed by atoms with van der Waals surface area (Å²) in [5, 5.41) is 0. The number of ether oxygens (including phenoxy) is 2. The van der Waals surface area contributed by atoms with Gasteiger partial charge >= 0.3 is 0 Å². The fourth-order valence-electron chi connectivity index (χ4n) is 1.82. The van der Waals surface area contributed by atoms with Crippen LogP contribution < -0.4 is 9.47 Å². The number of allylic oxidation sites excluding steroid dienone is 1. The zero-order chi connectivity index (χ0) is 16.4. The first-order chi connectivity index (χ1) is 10.6. The van der Waals surface area contributed by atoms with Crippen molar-refractivity contribution >= 4 is 0 Å². The van der Waals surface area contributed by atoms with Crippen LogP contribution in [0.3, 0.4) is 0 Å². The second kappa shape index (κ2) is 10.2. The molecule has 1 rings (SSSR count). The van der Waals surface area contributed by atoms with Crippen LogP contribution in [-0.2, 0) is 0 Å². The highest BCUT2D eigenvalue weighted by atomic mass is 19.2. The van der Waals surface area contributed by atoms with Gasteiger partial charge in [0, 0.05) is 0 Å². The van der Waals surface area contributed by atoms with Gasteiger partial charge in [-0.05, 0) is 37.3 Å². The summed E-state index contributed by atoms with van der Waals surface area (Å²) in [5.74, 6) is -1.49. The van der Waals surface area contributed by atoms with Crippen molar-refractivity contribution in [3.05, 3.63) is 35.9 Å². The molecule has 0 N–H and O–H groups in total. The molecule has 1 aromatic rings. The van der Waals surface area contributed by atoms with Gasteiger partial charge in [-0.2, -0.15) is 8.78 Å². The molecule has 0 saturated carbocycles. The first-order valence-electron chi connectivity index (χ1n) is 7.94. The summed E-state index contributed by atoms with van der Waals surface area (Å²) in [4.78, 5) is 0.